The van der Waals surface area contributed by atoms with Crippen molar-refractivity contribution in [2.75, 3.05) is 40.0 Å². The highest BCUT2D eigenvalue weighted by molar-refractivity contribution is 5.79. The zero-order valence-electron chi connectivity index (χ0n) is 20.0. The molecule has 0 heterocycles. The van der Waals surface area contributed by atoms with Gasteiger partial charge in [-0.15, -0.1) is 0 Å². The van der Waals surface area contributed by atoms with Gasteiger partial charge >= 0.3 is 6.09 Å². The molecule has 31 heavy (non-hydrogen) atoms. The Morgan fingerprint density at radius 1 is 1.06 bits per heavy atom. The molecule has 1 amide bonds. The number of aryl methyl sites for hydroxylation is 1. The van der Waals surface area contributed by atoms with Crippen LogP contribution in [0.1, 0.15) is 51.7 Å². The molecule has 0 unspecified atom stereocenters. The third-order valence-corrected chi connectivity index (χ3v) is 4.04. The van der Waals surface area contributed by atoms with E-state index < -0.39 is 11.7 Å². The van der Waals surface area contributed by atoms with E-state index in [4.69, 9.17) is 14.2 Å². The molecule has 0 saturated carbocycles. The number of carbonyl (C=O) groups is 1. The van der Waals surface area contributed by atoms with Crippen LogP contribution in [0.15, 0.2) is 23.2 Å². The van der Waals surface area contributed by atoms with E-state index in [2.05, 4.69) is 33.1 Å². The van der Waals surface area contributed by atoms with Crippen LogP contribution in [0.25, 0.3) is 0 Å². The highest BCUT2D eigenvalue weighted by Crippen LogP contribution is 2.21. The Morgan fingerprint density at radius 3 is 2.48 bits per heavy atom. The second kappa shape index (κ2) is 14.5. The highest BCUT2D eigenvalue weighted by Gasteiger charge is 2.15. The normalized spacial score (nSPS) is 11.7. The summed E-state index contributed by atoms with van der Waals surface area (Å²) >= 11 is 0. The van der Waals surface area contributed by atoms with E-state index in [1.807, 2.05) is 40.7 Å². The summed E-state index contributed by atoms with van der Waals surface area (Å²) in [4.78, 5) is 16.4. The Labute approximate surface area is 187 Å². The number of nitrogens with one attached hydrogen (secondary N) is 3. The molecule has 8 heteroatoms. The summed E-state index contributed by atoms with van der Waals surface area (Å²) in [6, 6.07) is 6.16. The van der Waals surface area contributed by atoms with Crippen molar-refractivity contribution in [3.05, 3.63) is 29.3 Å². The van der Waals surface area contributed by atoms with Crippen molar-refractivity contribution in [2.24, 2.45) is 4.99 Å². The molecule has 1 rings (SSSR count). The Hall–Kier alpha value is -2.48. The van der Waals surface area contributed by atoms with E-state index in [0.29, 0.717) is 32.8 Å². The summed E-state index contributed by atoms with van der Waals surface area (Å²) in [7, 11) is 1.69. The van der Waals surface area contributed by atoms with Crippen LogP contribution < -0.4 is 20.7 Å². The predicted molar refractivity (Wildman–Crippen MR) is 125 cm³/mol. The number of hydrogen-bond donors (Lipinski definition) is 3. The summed E-state index contributed by atoms with van der Waals surface area (Å²) in [5, 5.41) is 9.29. The SMILES string of the molecule is CCNC(=NCc1ccc(C)cc1OCCCOC)NCCCNC(=O)OC(C)(C)C. The van der Waals surface area contributed by atoms with Crippen LogP contribution >= 0.6 is 0 Å². The Kier molecular flexibility index (Phi) is 12.4. The fourth-order valence-corrected chi connectivity index (χ4v) is 2.62. The Morgan fingerprint density at radius 2 is 1.81 bits per heavy atom. The average Bonchev–Trinajstić information content (AvgIpc) is 2.68. The molecule has 0 atom stereocenters. The van der Waals surface area contributed by atoms with Gasteiger partial charge in [0, 0.05) is 45.3 Å². The average molecular weight is 437 g/mol. The van der Waals surface area contributed by atoms with Crippen molar-refractivity contribution in [2.45, 2.75) is 59.6 Å². The summed E-state index contributed by atoms with van der Waals surface area (Å²) in [6.07, 6.45) is 1.20. The van der Waals surface area contributed by atoms with E-state index in [9.17, 15) is 4.79 Å². The topological polar surface area (TPSA) is 93.2 Å². The van der Waals surface area contributed by atoms with Crippen molar-refractivity contribution in [1.82, 2.24) is 16.0 Å². The summed E-state index contributed by atoms with van der Waals surface area (Å²) in [5.74, 6) is 1.59. The molecule has 8 nitrogen and oxygen atoms in total. The molecule has 0 bridgehead atoms. The zero-order valence-corrected chi connectivity index (χ0v) is 20.0. The molecule has 0 aliphatic carbocycles. The number of rotatable bonds is 12. The molecule has 1 aromatic carbocycles. The van der Waals surface area contributed by atoms with Crippen molar-refractivity contribution in [1.29, 1.82) is 0 Å². The van der Waals surface area contributed by atoms with Crippen LogP contribution in [0.2, 0.25) is 0 Å². The number of carbonyl (C=O) groups excluding carboxylic acids is 1. The number of alkyl carbamates (subject to hydrolysis) is 1. The predicted octanol–water partition coefficient (Wildman–Crippen LogP) is 3.38. The van der Waals surface area contributed by atoms with Gasteiger partial charge in [0.25, 0.3) is 0 Å². The lowest BCUT2D eigenvalue weighted by Gasteiger charge is -2.19. The first-order valence-electron chi connectivity index (χ1n) is 11.0. The molecular formula is C23H40N4O4. The molecule has 0 spiro atoms. The lowest BCUT2D eigenvalue weighted by atomic mass is 10.1. The van der Waals surface area contributed by atoms with Gasteiger partial charge in [-0.25, -0.2) is 9.79 Å². The summed E-state index contributed by atoms with van der Waals surface area (Å²) in [5.41, 5.74) is 1.69. The van der Waals surface area contributed by atoms with Gasteiger partial charge in [0.2, 0.25) is 0 Å². The fraction of sp³-hybridized carbons (Fsp3) is 0.652. The van der Waals surface area contributed by atoms with Crippen LogP contribution in [0.5, 0.6) is 5.75 Å². The van der Waals surface area contributed by atoms with E-state index in [0.717, 1.165) is 42.2 Å². The minimum atomic E-state index is -0.491. The molecular weight excluding hydrogens is 396 g/mol. The minimum Gasteiger partial charge on any atom is -0.493 e. The Balaban J connectivity index is 2.53. The van der Waals surface area contributed by atoms with Gasteiger partial charge in [-0.3, -0.25) is 0 Å². The fourth-order valence-electron chi connectivity index (χ4n) is 2.62. The molecule has 0 aromatic heterocycles. The smallest absolute Gasteiger partial charge is 0.407 e. The number of methoxy groups -OCH3 is 1. The molecule has 176 valence electrons. The molecule has 1 aromatic rings. The van der Waals surface area contributed by atoms with E-state index in [1.54, 1.807) is 7.11 Å². The maximum absolute atomic E-state index is 11.7. The third-order valence-electron chi connectivity index (χ3n) is 4.04. The first kappa shape index (κ1) is 26.6. The quantitative estimate of drug-likeness (QED) is 0.264. The number of nitrogens with zero attached hydrogens (tertiary/aromatic N) is 1. The van der Waals surface area contributed by atoms with Gasteiger partial charge in [-0.05, 0) is 52.7 Å². The van der Waals surface area contributed by atoms with Crippen molar-refractivity contribution < 1.29 is 19.0 Å². The van der Waals surface area contributed by atoms with Gasteiger partial charge in [0.05, 0.1) is 13.2 Å². The van der Waals surface area contributed by atoms with Crippen molar-refractivity contribution in [3.8, 4) is 5.75 Å². The number of benzene rings is 1. The molecule has 0 fully saturated rings. The summed E-state index contributed by atoms with van der Waals surface area (Å²) in [6.45, 7) is 13.4. The maximum atomic E-state index is 11.7. The van der Waals surface area contributed by atoms with Crippen LogP contribution in [0.4, 0.5) is 4.79 Å². The van der Waals surface area contributed by atoms with Crippen LogP contribution in [-0.2, 0) is 16.0 Å². The van der Waals surface area contributed by atoms with E-state index >= 15 is 0 Å². The molecule has 0 aliphatic rings. The zero-order chi connectivity index (χ0) is 23.1. The number of amides is 1. The van der Waals surface area contributed by atoms with Crippen molar-refractivity contribution in [3.63, 3.8) is 0 Å². The third kappa shape index (κ3) is 12.7. The van der Waals surface area contributed by atoms with Gasteiger partial charge in [0.1, 0.15) is 11.4 Å². The lowest BCUT2D eigenvalue weighted by molar-refractivity contribution is 0.0527. The number of guanidine groups is 1. The minimum absolute atomic E-state index is 0.398. The standard InChI is InChI=1S/C23H40N4O4/c1-7-24-21(25-12-8-13-26-22(28)31-23(3,4)5)27-17-19-11-10-18(2)16-20(19)30-15-9-14-29-6/h10-11,16H,7-9,12-15,17H2,1-6H3,(H,26,28)(H2,24,25,27). The molecule has 0 aliphatic heterocycles. The second-order valence-corrected chi connectivity index (χ2v) is 8.21. The molecule has 3 N–H and O–H groups in total. The van der Waals surface area contributed by atoms with Crippen LogP contribution in [-0.4, -0.2) is 57.6 Å². The Bertz CT molecular complexity index is 687. The largest absolute Gasteiger partial charge is 0.493 e. The van der Waals surface area contributed by atoms with Gasteiger partial charge in [-0.1, -0.05) is 12.1 Å². The van der Waals surface area contributed by atoms with Crippen LogP contribution in [0.3, 0.4) is 0 Å². The van der Waals surface area contributed by atoms with E-state index in [-0.39, 0.29) is 0 Å². The highest BCUT2D eigenvalue weighted by atomic mass is 16.6. The van der Waals surface area contributed by atoms with Gasteiger partial charge in [0.15, 0.2) is 5.96 Å². The van der Waals surface area contributed by atoms with Gasteiger partial charge < -0.3 is 30.2 Å². The maximum Gasteiger partial charge on any atom is 0.407 e. The lowest BCUT2D eigenvalue weighted by Crippen LogP contribution is -2.39. The number of aliphatic imine (C=N–C) groups is 1. The summed E-state index contributed by atoms with van der Waals surface area (Å²) < 4.78 is 16.2. The molecule has 0 saturated heterocycles. The van der Waals surface area contributed by atoms with Crippen molar-refractivity contribution >= 4 is 12.1 Å². The second-order valence-electron chi connectivity index (χ2n) is 8.21. The number of hydrogen-bond acceptors (Lipinski definition) is 5. The van der Waals surface area contributed by atoms with Gasteiger partial charge in [-0.2, -0.15) is 0 Å². The van der Waals surface area contributed by atoms with Crippen LogP contribution in [0, 0.1) is 6.92 Å². The first-order chi connectivity index (χ1) is 14.7. The number of ether oxygens (including phenoxy) is 3. The first-order valence-corrected chi connectivity index (χ1v) is 11.0. The monoisotopic (exact) mass is 436 g/mol. The molecule has 0 radical (unpaired) electrons. The van der Waals surface area contributed by atoms with E-state index in [1.165, 1.54) is 0 Å².